The summed E-state index contributed by atoms with van der Waals surface area (Å²) in [5.41, 5.74) is 6.10. The average molecular weight is 269 g/mol. The summed E-state index contributed by atoms with van der Waals surface area (Å²) in [7, 11) is 2.14. The molecule has 0 unspecified atom stereocenters. The van der Waals surface area contributed by atoms with Gasteiger partial charge in [-0.05, 0) is 37.0 Å². The molecule has 1 aromatic rings. The van der Waals surface area contributed by atoms with E-state index in [1.165, 1.54) is 16.8 Å². The van der Waals surface area contributed by atoms with E-state index in [0.717, 1.165) is 30.5 Å². The highest BCUT2D eigenvalue weighted by molar-refractivity contribution is 5.44. The topological polar surface area (TPSA) is 3.24 Å². The molecule has 1 nitrogen and oxygen atoms in total. The van der Waals surface area contributed by atoms with E-state index < -0.39 is 0 Å². The third-order valence-corrected chi connectivity index (χ3v) is 3.65. The first-order valence-electron chi connectivity index (χ1n) is 7.27. The molecule has 0 aliphatic rings. The Bertz CT molecular complexity index is 494. The summed E-state index contributed by atoms with van der Waals surface area (Å²) in [6.07, 6.45) is 2.18. The molecule has 1 aromatic carbocycles. The van der Waals surface area contributed by atoms with Gasteiger partial charge in [0.2, 0.25) is 0 Å². The Morgan fingerprint density at radius 1 is 1.10 bits per heavy atom. The lowest BCUT2D eigenvalue weighted by atomic mass is 9.95. The van der Waals surface area contributed by atoms with Crippen LogP contribution in [0.25, 0.3) is 0 Å². The fourth-order valence-corrected chi connectivity index (χ4v) is 2.26. The molecule has 0 heterocycles. The average Bonchev–Trinajstić information content (AvgIpc) is 2.44. The molecule has 0 N–H and O–H groups in total. The summed E-state index contributed by atoms with van der Waals surface area (Å²) >= 11 is 0. The van der Waals surface area contributed by atoms with Crippen molar-refractivity contribution < 1.29 is 0 Å². The van der Waals surface area contributed by atoms with Gasteiger partial charge >= 0.3 is 0 Å². The maximum atomic E-state index is 4.20. The summed E-state index contributed by atoms with van der Waals surface area (Å²) in [6, 6.07) is 10.6. The van der Waals surface area contributed by atoms with Gasteiger partial charge in [0.05, 0.1) is 0 Å². The van der Waals surface area contributed by atoms with Gasteiger partial charge in [-0.2, -0.15) is 0 Å². The molecule has 0 bridgehead atoms. The van der Waals surface area contributed by atoms with Crippen LogP contribution in [0.3, 0.4) is 0 Å². The number of benzene rings is 1. The molecule has 0 aliphatic carbocycles. The minimum absolute atomic E-state index is 0.920. The van der Waals surface area contributed by atoms with Gasteiger partial charge in [0, 0.05) is 19.3 Å². The summed E-state index contributed by atoms with van der Waals surface area (Å²) in [5.74, 6) is 0. The van der Waals surface area contributed by atoms with Crippen molar-refractivity contribution in [1.82, 2.24) is 4.90 Å². The smallest absolute Gasteiger partial charge is 0.0423 e. The Kier molecular flexibility index (Phi) is 6.30. The Hall–Kier alpha value is -1.76. The number of rotatable bonds is 7. The Morgan fingerprint density at radius 3 is 2.20 bits per heavy atom. The second kappa shape index (κ2) is 7.74. The fraction of sp³-hybridized carbons (Fsp3) is 0.368. The van der Waals surface area contributed by atoms with Gasteiger partial charge in [-0.15, -0.1) is 0 Å². The van der Waals surface area contributed by atoms with E-state index >= 15 is 0 Å². The number of hydrogen-bond donors (Lipinski definition) is 0. The highest BCUT2D eigenvalue weighted by atomic mass is 15.1. The van der Waals surface area contributed by atoms with Crippen LogP contribution < -0.4 is 0 Å². The Morgan fingerprint density at radius 2 is 1.70 bits per heavy atom. The minimum Gasteiger partial charge on any atom is -0.374 e. The molecule has 1 rings (SSSR count). The van der Waals surface area contributed by atoms with Gasteiger partial charge in [-0.3, -0.25) is 0 Å². The van der Waals surface area contributed by atoms with E-state index in [2.05, 4.69) is 69.3 Å². The van der Waals surface area contributed by atoms with Gasteiger partial charge in [-0.25, -0.2) is 0 Å². The van der Waals surface area contributed by atoms with Crippen LogP contribution in [0.15, 0.2) is 65.9 Å². The zero-order valence-electron chi connectivity index (χ0n) is 13.4. The monoisotopic (exact) mass is 269 g/mol. The predicted octanol–water partition coefficient (Wildman–Crippen LogP) is 5.32. The first-order valence-corrected chi connectivity index (χ1v) is 7.27. The highest BCUT2D eigenvalue weighted by Crippen LogP contribution is 2.26. The molecule has 0 saturated heterocycles. The molecule has 0 aliphatic heterocycles. The fourth-order valence-electron chi connectivity index (χ4n) is 2.26. The lowest BCUT2D eigenvalue weighted by Crippen LogP contribution is -2.17. The molecule has 0 saturated carbocycles. The number of allylic oxidation sites excluding steroid dienone is 4. The molecule has 108 valence electrons. The minimum atomic E-state index is 0.920. The summed E-state index contributed by atoms with van der Waals surface area (Å²) < 4.78 is 0. The Balaban J connectivity index is 2.96. The zero-order chi connectivity index (χ0) is 15.1. The third-order valence-electron chi connectivity index (χ3n) is 3.65. The van der Waals surface area contributed by atoms with E-state index in [1.807, 2.05) is 6.92 Å². The highest BCUT2D eigenvalue weighted by Gasteiger charge is 2.11. The lowest BCUT2D eigenvalue weighted by Gasteiger charge is -2.25. The summed E-state index contributed by atoms with van der Waals surface area (Å²) in [5, 5.41) is 0. The van der Waals surface area contributed by atoms with Gasteiger partial charge in [-0.1, -0.05) is 62.4 Å². The van der Waals surface area contributed by atoms with Crippen LogP contribution in [0.5, 0.6) is 0 Å². The van der Waals surface area contributed by atoms with Crippen molar-refractivity contribution in [1.29, 1.82) is 0 Å². The number of nitrogens with zero attached hydrogens (tertiary/aromatic N) is 1. The molecule has 0 atom stereocenters. The van der Waals surface area contributed by atoms with E-state index in [1.54, 1.807) is 0 Å². The first-order chi connectivity index (χ1) is 9.47. The maximum absolute atomic E-state index is 4.20. The molecular weight excluding hydrogens is 242 g/mol. The molecular formula is C19H27N. The first kappa shape index (κ1) is 16.3. The molecule has 1 heteroatoms. The van der Waals surface area contributed by atoms with Crippen LogP contribution in [-0.2, 0) is 6.54 Å². The van der Waals surface area contributed by atoms with Crippen LogP contribution in [0, 0.1) is 0 Å². The van der Waals surface area contributed by atoms with Crippen LogP contribution in [0.4, 0.5) is 0 Å². The van der Waals surface area contributed by atoms with Crippen molar-refractivity contribution in [2.45, 2.75) is 40.2 Å². The second-order valence-corrected chi connectivity index (χ2v) is 5.41. The molecule has 0 spiro atoms. The van der Waals surface area contributed by atoms with Crippen molar-refractivity contribution in [2.75, 3.05) is 7.05 Å². The number of hydrogen-bond acceptors (Lipinski definition) is 1. The molecule has 0 radical (unpaired) electrons. The largest absolute Gasteiger partial charge is 0.374 e. The molecule has 0 aromatic heterocycles. The maximum Gasteiger partial charge on any atom is 0.0423 e. The van der Waals surface area contributed by atoms with Crippen LogP contribution in [0.2, 0.25) is 0 Å². The van der Waals surface area contributed by atoms with Crippen molar-refractivity contribution in [3.8, 4) is 0 Å². The molecule has 0 fully saturated rings. The van der Waals surface area contributed by atoms with Crippen LogP contribution >= 0.6 is 0 Å². The van der Waals surface area contributed by atoms with Gasteiger partial charge in [0.15, 0.2) is 0 Å². The van der Waals surface area contributed by atoms with Crippen LogP contribution in [-0.4, -0.2) is 11.9 Å². The SMILES string of the molecule is C=C(C)C(=C)/C(CCC)=C(/C)N(C)Cc1ccccc1. The third kappa shape index (κ3) is 4.41. The van der Waals surface area contributed by atoms with Gasteiger partial charge in [0.25, 0.3) is 0 Å². The van der Waals surface area contributed by atoms with Crippen molar-refractivity contribution >= 4 is 0 Å². The van der Waals surface area contributed by atoms with E-state index in [9.17, 15) is 0 Å². The molecule has 20 heavy (non-hydrogen) atoms. The standard InChI is InChI=1S/C19H27N/c1-7-11-19(16(4)15(2)3)17(5)20(6)14-18-12-9-8-10-13-18/h8-10,12-13H,2,4,7,11,14H2,1,3,5-6H3/b19-17-. The quantitative estimate of drug-likeness (QED) is 0.605. The lowest BCUT2D eigenvalue weighted by molar-refractivity contribution is 0.406. The van der Waals surface area contributed by atoms with Gasteiger partial charge in [0.1, 0.15) is 0 Å². The normalized spacial score (nSPS) is 11.8. The van der Waals surface area contributed by atoms with Crippen LogP contribution in [0.1, 0.15) is 39.2 Å². The van der Waals surface area contributed by atoms with E-state index in [4.69, 9.17) is 0 Å². The Labute approximate surface area is 124 Å². The van der Waals surface area contributed by atoms with Crippen molar-refractivity contribution in [2.24, 2.45) is 0 Å². The summed E-state index contributed by atoms with van der Waals surface area (Å²) in [6.45, 7) is 15.6. The van der Waals surface area contributed by atoms with Crippen molar-refractivity contribution in [3.63, 3.8) is 0 Å². The zero-order valence-corrected chi connectivity index (χ0v) is 13.4. The van der Waals surface area contributed by atoms with Gasteiger partial charge < -0.3 is 4.90 Å². The van der Waals surface area contributed by atoms with E-state index in [-0.39, 0.29) is 0 Å². The summed E-state index contributed by atoms with van der Waals surface area (Å²) in [4.78, 5) is 2.30. The molecule has 0 amide bonds. The van der Waals surface area contributed by atoms with E-state index in [0.29, 0.717) is 0 Å². The second-order valence-electron chi connectivity index (χ2n) is 5.41. The van der Waals surface area contributed by atoms with Crippen molar-refractivity contribution in [3.05, 3.63) is 71.5 Å². The predicted molar refractivity (Wildman–Crippen MR) is 89.5 cm³/mol.